The van der Waals surface area contributed by atoms with Gasteiger partial charge in [0.15, 0.2) is 0 Å². The summed E-state index contributed by atoms with van der Waals surface area (Å²) in [6.07, 6.45) is 0.910. The lowest BCUT2D eigenvalue weighted by atomic mass is 10.1. The Morgan fingerprint density at radius 2 is 2.16 bits per heavy atom. The summed E-state index contributed by atoms with van der Waals surface area (Å²) in [5.74, 6) is 0.482. The Morgan fingerprint density at radius 3 is 2.79 bits per heavy atom. The minimum Gasteiger partial charge on any atom is -0.315 e. The van der Waals surface area contributed by atoms with Crippen LogP contribution in [0.5, 0.6) is 0 Å². The Kier molecular flexibility index (Phi) is 5.13. The average molecular weight is 339 g/mol. The molecule has 0 spiro atoms. The molecule has 0 fully saturated rings. The number of nitrogens with one attached hydrogen (secondary N) is 1. The van der Waals surface area contributed by atoms with Crippen LogP contribution in [0.25, 0.3) is 0 Å². The van der Waals surface area contributed by atoms with E-state index in [9.17, 15) is 0 Å². The highest BCUT2D eigenvalue weighted by Crippen LogP contribution is 2.27. The lowest BCUT2D eigenvalue weighted by Gasteiger charge is -2.03. The monoisotopic (exact) mass is 338 g/mol. The van der Waals surface area contributed by atoms with Crippen molar-refractivity contribution in [1.82, 2.24) is 10.3 Å². The first kappa shape index (κ1) is 14.7. The molecule has 0 aliphatic heterocycles. The van der Waals surface area contributed by atoms with Gasteiger partial charge < -0.3 is 5.32 Å². The Hall–Kier alpha value is -0.710. The Morgan fingerprint density at radius 1 is 1.37 bits per heavy atom. The lowest BCUT2D eigenvalue weighted by Crippen LogP contribution is -2.06. The van der Waals surface area contributed by atoms with Crippen molar-refractivity contribution < 1.29 is 0 Å². The van der Waals surface area contributed by atoms with E-state index in [1.807, 2.05) is 18.4 Å². The molecule has 1 heterocycles. The van der Waals surface area contributed by atoms with E-state index in [0.717, 1.165) is 17.4 Å². The van der Waals surface area contributed by atoms with Crippen LogP contribution in [-0.2, 0) is 13.0 Å². The minimum absolute atomic E-state index is 0.482. The molecule has 0 amide bonds. The highest BCUT2D eigenvalue weighted by atomic mass is 79.9. The highest BCUT2D eigenvalue weighted by molar-refractivity contribution is 9.10. The molecule has 0 saturated carbocycles. The number of hydrogen-bond acceptors (Lipinski definition) is 3. The molecule has 0 aliphatic carbocycles. The van der Waals surface area contributed by atoms with Crippen LogP contribution in [0.2, 0.25) is 0 Å². The summed E-state index contributed by atoms with van der Waals surface area (Å²) in [7, 11) is 1.98. The third-order valence-electron chi connectivity index (χ3n) is 2.90. The van der Waals surface area contributed by atoms with Gasteiger partial charge >= 0.3 is 0 Å². The van der Waals surface area contributed by atoms with Crippen molar-refractivity contribution in [3.8, 4) is 0 Å². The first-order chi connectivity index (χ1) is 9.10. The Bertz CT molecular complexity index is 549. The molecule has 1 N–H and O–H groups in total. The molecule has 102 valence electrons. The third-order valence-corrected chi connectivity index (χ3v) is 4.46. The fourth-order valence-corrected chi connectivity index (χ4v) is 3.77. The zero-order chi connectivity index (χ0) is 13.8. The smallest absolute Gasteiger partial charge is 0.0975 e. The second-order valence-electron chi connectivity index (χ2n) is 4.91. The van der Waals surface area contributed by atoms with Crippen LogP contribution in [0.1, 0.15) is 40.9 Å². The number of hydrogen-bond donors (Lipinski definition) is 1. The molecular formula is C15H19BrN2S. The average Bonchev–Trinajstić information content (AvgIpc) is 2.73. The predicted molar refractivity (Wildman–Crippen MR) is 85.9 cm³/mol. The zero-order valence-electron chi connectivity index (χ0n) is 11.5. The molecule has 19 heavy (non-hydrogen) atoms. The highest BCUT2D eigenvalue weighted by Gasteiger charge is 2.13. The number of rotatable bonds is 5. The number of benzene rings is 1. The van der Waals surface area contributed by atoms with E-state index in [1.165, 1.54) is 21.1 Å². The van der Waals surface area contributed by atoms with Crippen LogP contribution in [0.15, 0.2) is 28.7 Å². The van der Waals surface area contributed by atoms with Gasteiger partial charge in [-0.15, -0.1) is 11.3 Å². The van der Waals surface area contributed by atoms with E-state index in [2.05, 4.69) is 59.4 Å². The predicted octanol–water partition coefficient (Wildman–Crippen LogP) is 4.34. The molecule has 0 bridgehead atoms. The van der Waals surface area contributed by atoms with Crippen molar-refractivity contribution in [1.29, 1.82) is 0 Å². The van der Waals surface area contributed by atoms with E-state index >= 15 is 0 Å². The maximum Gasteiger partial charge on any atom is 0.0975 e. The van der Waals surface area contributed by atoms with Crippen LogP contribution >= 0.6 is 27.3 Å². The molecule has 0 saturated heterocycles. The summed E-state index contributed by atoms with van der Waals surface area (Å²) in [5.41, 5.74) is 2.54. The van der Waals surface area contributed by atoms with Crippen molar-refractivity contribution in [3.63, 3.8) is 0 Å². The van der Waals surface area contributed by atoms with Crippen LogP contribution in [0.3, 0.4) is 0 Å². The van der Waals surface area contributed by atoms with Gasteiger partial charge in [0.05, 0.1) is 10.7 Å². The summed E-state index contributed by atoms with van der Waals surface area (Å²) in [6, 6.07) is 8.44. The molecule has 1 aromatic carbocycles. The summed E-state index contributed by atoms with van der Waals surface area (Å²) in [4.78, 5) is 6.18. The van der Waals surface area contributed by atoms with Crippen molar-refractivity contribution in [3.05, 3.63) is 49.9 Å². The standard InChI is InChI=1S/C15H19BrN2S/c1-10(2)15-13(9-17-3)19-14(18-15)8-11-5-4-6-12(16)7-11/h4-7,10,17H,8-9H2,1-3H3. The first-order valence-electron chi connectivity index (χ1n) is 6.47. The fourth-order valence-electron chi connectivity index (χ4n) is 2.05. The van der Waals surface area contributed by atoms with Gasteiger partial charge in [-0.1, -0.05) is 41.9 Å². The molecule has 2 rings (SSSR count). The second kappa shape index (κ2) is 6.64. The first-order valence-corrected chi connectivity index (χ1v) is 8.08. The maximum atomic E-state index is 4.82. The van der Waals surface area contributed by atoms with Gasteiger partial charge in [0.1, 0.15) is 0 Å². The number of thiazole rings is 1. The summed E-state index contributed by atoms with van der Waals surface area (Å²) in [6.45, 7) is 5.32. The van der Waals surface area contributed by atoms with Gasteiger partial charge in [-0.2, -0.15) is 0 Å². The fraction of sp³-hybridized carbons (Fsp3) is 0.400. The molecule has 0 atom stereocenters. The van der Waals surface area contributed by atoms with Crippen molar-refractivity contribution >= 4 is 27.3 Å². The van der Waals surface area contributed by atoms with E-state index in [-0.39, 0.29) is 0 Å². The van der Waals surface area contributed by atoms with Crippen molar-refractivity contribution in [2.24, 2.45) is 0 Å². The molecule has 1 aromatic heterocycles. The van der Waals surface area contributed by atoms with E-state index in [0.29, 0.717) is 5.92 Å². The molecule has 0 aliphatic rings. The van der Waals surface area contributed by atoms with Gasteiger partial charge in [-0.3, -0.25) is 0 Å². The van der Waals surface area contributed by atoms with E-state index in [1.54, 1.807) is 0 Å². The van der Waals surface area contributed by atoms with Gasteiger partial charge in [0, 0.05) is 22.3 Å². The largest absolute Gasteiger partial charge is 0.315 e. The second-order valence-corrected chi connectivity index (χ2v) is 6.99. The molecule has 2 nitrogen and oxygen atoms in total. The zero-order valence-corrected chi connectivity index (χ0v) is 13.9. The summed E-state index contributed by atoms with van der Waals surface area (Å²) >= 11 is 5.34. The number of aromatic nitrogens is 1. The van der Waals surface area contributed by atoms with E-state index < -0.39 is 0 Å². The molecule has 2 aromatic rings. The van der Waals surface area contributed by atoms with Gasteiger partial charge in [-0.25, -0.2) is 4.98 Å². The topological polar surface area (TPSA) is 24.9 Å². The van der Waals surface area contributed by atoms with Crippen LogP contribution in [-0.4, -0.2) is 12.0 Å². The van der Waals surface area contributed by atoms with Crippen LogP contribution < -0.4 is 5.32 Å². The third kappa shape index (κ3) is 3.88. The normalized spacial score (nSPS) is 11.2. The quantitative estimate of drug-likeness (QED) is 0.877. The number of nitrogens with zero attached hydrogens (tertiary/aromatic N) is 1. The van der Waals surface area contributed by atoms with Crippen molar-refractivity contribution in [2.45, 2.75) is 32.7 Å². The Balaban J connectivity index is 2.23. The lowest BCUT2D eigenvalue weighted by molar-refractivity contribution is 0.768. The minimum atomic E-state index is 0.482. The van der Waals surface area contributed by atoms with Gasteiger partial charge in [0.2, 0.25) is 0 Å². The molecule has 0 radical (unpaired) electrons. The van der Waals surface area contributed by atoms with Gasteiger partial charge in [0.25, 0.3) is 0 Å². The Labute approximate surface area is 127 Å². The van der Waals surface area contributed by atoms with Gasteiger partial charge in [-0.05, 0) is 30.7 Å². The molecule has 4 heteroatoms. The van der Waals surface area contributed by atoms with Crippen LogP contribution in [0, 0.1) is 0 Å². The maximum absolute atomic E-state index is 4.82. The molecular weight excluding hydrogens is 320 g/mol. The number of halogens is 1. The van der Waals surface area contributed by atoms with E-state index in [4.69, 9.17) is 4.98 Å². The van der Waals surface area contributed by atoms with Crippen molar-refractivity contribution in [2.75, 3.05) is 7.05 Å². The van der Waals surface area contributed by atoms with Crippen LogP contribution in [0.4, 0.5) is 0 Å². The molecule has 0 unspecified atom stereocenters. The summed E-state index contributed by atoms with van der Waals surface area (Å²) < 4.78 is 1.13. The summed E-state index contributed by atoms with van der Waals surface area (Å²) in [5, 5.41) is 4.43. The SMILES string of the molecule is CNCc1sc(Cc2cccc(Br)c2)nc1C(C)C.